The molecule has 0 aliphatic carbocycles. The van der Waals surface area contributed by atoms with E-state index in [-0.39, 0.29) is 0 Å². The van der Waals surface area contributed by atoms with Gasteiger partial charge in [-0.2, -0.15) is 0 Å². The summed E-state index contributed by atoms with van der Waals surface area (Å²) < 4.78 is 0. The van der Waals surface area contributed by atoms with Crippen LogP contribution < -0.4 is 5.73 Å². The van der Waals surface area contributed by atoms with Gasteiger partial charge >= 0.3 is 5.97 Å². The van der Waals surface area contributed by atoms with Gasteiger partial charge in [0.2, 0.25) is 0 Å². The van der Waals surface area contributed by atoms with Crippen LogP contribution in [-0.2, 0) is 5.75 Å². The number of hydrogen-bond acceptors (Lipinski definition) is 3. The van der Waals surface area contributed by atoms with Crippen molar-refractivity contribution in [2.45, 2.75) is 10.6 Å². The van der Waals surface area contributed by atoms with Crippen LogP contribution in [0.25, 0.3) is 0 Å². The van der Waals surface area contributed by atoms with Gasteiger partial charge in [-0.15, -0.1) is 11.8 Å². The van der Waals surface area contributed by atoms with Crippen molar-refractivity contribution in [3.05, 3.63) is 58.6 Å². The van der Waals surface area contributed by atoms with E-state index < -0.39 is 5.97 Å². The van der Waals surface area contributed by atoms with E-state index in [4.69, 9.17) is 22.4 Å². The minimum atomic E-state index is -0.917. The average Bonchev–Trinajstić information content (AvgIpc) is 2.38. The van der Waals surface area contributed by atoms with Gasteiger partial charge in [-0.25, -0.2) is 4.79 Å². The molecule has 0 aliphatic rings. The molecule has 0 bridgehead atoms. The van der Waals surface area contributed by atoms with Crippen LogP contribution in [0.4, 0.5) is 5.69 Å². The molecule has 2 aromatic carbocycles. The first kappa shape index (κ1) is 13.8. The molecule has 98 valence electrons. The smallest absolute Gasteiger partial charge is 0.335 e. The minimum Gasteiger partial charge on any atom is -0.478 e. The Hall–Kier alpha value is -1.65. The van der Waals surface area contributed by atoms with E-state index in [1.165, 1.54) is 11.8 Å². The highest BCUT2D eigenvalue weighted by atomic mass is 35.5. The quantitative estimate of drug-likeness (QED) is 0.662. The molecular formula is C14H12ClNO2S. The zero-order valence-corrected chi connectivity index (χ0v) is 11.5. The molecular weight excluding hydrogens is 282 g/mol. The molecule has 3 N–H and O–H groups in total. The van der Waals surface area contributed by atoms with Crippen LogP contribution in [-0.4, -0.2) is 11.1 Å². The first-order chi connectivity index (χ1) is 9.08. The Bertz CT molecular complexity index is 616. The zero-order valence-electron chi connectivity index (χ0n) is 9.97. The normalized spacial score (nSPS) is 10.4. The average molecular weight is 294 g/mol. The van der Waals surface area contributed by atoms with Crippen molar-refractivity contribution in [1.82, 2.24) is 0 Å². The number of carboxylic acids is 1. The molecule has 0 radical (unpaired) electrons. The number of thioether (sulfide) groups is 1. The maximum Gasteiger partial charge on any atom is 0.335 e. The fraction of sp³-hybridized carbons (Fsp3) is 0.0714. The summed E-state index contributed by atoms with van der Waals surface area (Å²) in [7, 11) is 0. The van der Waals surface area contributed by atoms with Gasteiger partial charge in [0, 0.05) is 16.3 Å². The van der Waals surface area contributed by atoms with E-state index >= 15 is 0 Å². The van der Waals surface area contributed by atoms with E-state index in [0.717, 1.165) is 10.5 Å². The molecule has 19 heavy (non-hydrogen) atoms. The van der Waals surface area contributed by atoms with E-state index in [2.05, 4.69) is 0 Å². The fourth-order valence-electron chi connectivity index (χ4n) is 1.64. The number of rotatable bonds is 4. The Morgan fingerprint density at radius 1 is 1.26 bits per heavy atom. The number of carbonyl (C=O) groups is 1. The predicted molar refractivity (Wildman–Crippen MR) is 78.8 cm³/mol. The maximum absolute atomic E-state index is 11.1. The first-order valence-electron chi connectivity index (χ1n) is 5.57. The number of halogens is 1. The standard InChI is InChI=1S/C14H12ClNO2S/c15-12-7-10(16)5-6-13(12)19-8-9-3-1-2-4-11(9)14(17)18/h1-7H,8,16H2,(H,17,18). The summed E-state index contributed by atoms with van der Waals surface area (Å²) in [6, 6.07) is 12.3. The Balaban J connectivity index is 2.17. The lowest BCUT2D eigenvalue weighted by molar-refractivity contribution is 0.0696. The Kier molecular flexibility index (Phi) is 4.35. The second-order valence-electron chi connectivity index (χ2n) is 3.94. The van der Waals surface area contributed by atoms with Crippen LogP contribution in [0, 0.1) is 0 Å². The molecule has 0 heterocycles. The minimum absolute atomic E-state index is 0.321. The third-order valence-corrected chi connectivity index (χ3v) is 4.13. The summed E-state index contributed by atoms with van der Waals surface area (Å²) in [6.07, 6.45) is 0. The topological polar surface area (TPSA) is 63.3 Å². The van der Waals surface area contributed by atoms with Crippen molar-refractivity contribution in [2.24, 2.45) is 0 Å². The summed E-state index contributed by atoms with van der Waals surface area (Å²) in [6.45, 7) is 0. The number of hydrogen-bond donors (Lipinski definition) is 2. The molecule has 2 rings (SSSR count). The Morgan fingerprint density at radius 2 is 2.00 bits per heavy atom. The van der Waals surface area contributed by atoms with Crippen molar-refractivity contribution in [2.75, 3.05) is 5.73 Å². The van der Waals surface area contributed by atoms with Gasteiger partial charge in [0.25, 0.3) is 0 Å². The second-order valence-corrected chi connectivity index (χ2v) is 5.37. The van der Waals surface area contributed by atoms with Crippen molar-refractivity contribution in [1.29, 1.82) is 0 Å². The van der Waals surface area contributed by atoms with Crippen LogP contribution >= 0.6 is 23.4 Å². The van der Waals surface area contributed by atoms with Crippen molar-refractivity contribution in [3.8, 4) is 0 Å². The van der Waals surface area contributed by atoms with Gasteiger partial charge in [0.05, 0.1) is 10.6 Å². The summed E-state index contributed by atoms with van der Waals surface area (Å²) in [5.74, 6) is -0.369. The van der Waals surface area contributed by atoms with Crippen molar-refractivity contribution < 1.29 is 9.90 Å². The molecule has 0 aliphatic heterocycles. The number of carboxylic acid groups (broad SMARTS) is 1. The molecule has 0 saturated heterocycles. The van der Waals surface area contributed by atoms with Crippen molar-refractivity contribution in [3.63, 3.8) is 0 Å². The van der Waals surface area contributed by atoms with Crippen LogP contribution in [0.1, 0.15) is 15.9 Å². The lowest BCUT2D eigenvalue weighted by Crippen LogP contribution is -2.00. The molecule has 0 saturated carbocycles. The lowest BCUT2D eigenvalue weighted by Gasteiger charge is -2.07. The summed E-state index contributed by atoms with van der Waals surface area (Å²) in [5, 5.41) is 9.68. The molecule has 0 unspecified atom stereocenters. The SMILES string of the molecule is Nc1ccc(SCc2ccccc2C(=O)O)c(Cl)c1. The van der Waals surface area contributed by atoms with Gasteiger partial charge < -0.3 is 10.8 Å². The summed E-state index contributed by atoms with van der Waals surface area (Å²) in [5.41, 5.74) is 7.33. The summed E-state index contributed by atoms with van der Waals surface area (Å²) >= 11 is 7.57. The molecule has 0 amide bonds. The van der Waals surface area contributed by atoms with Crippen LogP contribution in [0.2, 0.25) is 5.02 Å². The van der Waals surface area contributed by atoms with Crippen LogP contribution in [0.5, 0.6) is 0 Å². The highest BCUT2D eigenvalue weighted by Crippen LogP contribution is 2.31. The van der Waals surface area contributed by atoms with E-state index in [1.807, 2.05) is 18.2 Å². The van der Waals surface area contributed by atoms with Crippen LogP contribution in [0.3, 0.4) is 0 Å². The third kappa shape index (κ3) is 3.43. The molecule has 5 heteroatoms. The molecule has 0 aromatic heterocycles. The van der Waals surface area contributed by atoms with Gasteiger partial charge in [0.1, 0.15) is 0 Å². The molecule has 0 fully saturated rings. The fourth-order valence-corrected chi connectivity index (χ4v) is 2.92. The Labute approximate surface area is 120 Å². The lowest BCUT2D eigenvalue weighted by atomic mass is 10.1. The number of benzene rings is 2. The van der Waals surface area contributed by atoms with E-state index in [9.17, 15) is 4.79 Å². The molecule has 0 spiro atoms. The number of aromatic carboxylic acids is 1. The number of nitrogen functional groups attached to an aromatic ring is 1. The van der Waals surface area contributed by atoms with Crippen LogP contribution in [0.15, 0.2) is 47.4 Å². The van der Waals surface area contributed by atoms with Crippen molar-refractivity contribution >= 4 is 35.0 Å². The molecule has 2 aromatic rings. The summed E-state index contributed by atoms with van der Waals surface area (Å²) in [4.78, 5) is 12.0. The van der Waals surface area contributed by atoms with Gasteiger partial charge in [-0.3, -0.25) is 0 Å². The van der Waals surface area contributed by atoms with Gasteiger partial charge in [-0.1, -0.05) is 29.8 Å². The third-order valence-electron chi connectivity index (χ3n) is 2.59. The zero-order chi connectivity index (χ0) is 13.8. The van der Waals surface area contributed by atoms with Gasteiger partial charge in [0.15, 0.2) is 0 Å². The second kappa shape index (κ2) is 5.99. The predicted octanol–water partition coefficient (Wildman–Crippen LogP) is 3.91. The van der Waals surface area contributed by atoms with E-state index in [1.54, 1.807) is 24.3 Å². The maximum atomic E-state index is 11.1. The monoisotopic (exact) mass is 293 g/mol. The molecule has 0 atom stereocenters. The number of anilines is 1. The van der Waals surface area contributed by atoms with E-state index in [0.29, 0.717) is 22.0 Å². The first-order valence-corrected chi connectivity index (χ1v) is 6.93. The van der Waals surface area contributed by atoms with Gasteiger partial charge in [-0.05, 0) is 29.8 Å². The largest absolute Gasteiger partial charge is 0.478 e. The highest BCUT2D eigenvalue weighted by Gasteiger charge is 2.10. The highest BCUT2D eigenvalue weighted by molar-refractivity contribution is 7.98. The number of nitrogens with two attached hydrogens (primary N) is 1. The molecule has 3 nitrogen and oxygen atoms in total. The Morgan fingerprint density at radius 3 is 2.68 bits per heavy atom.